The van der Waals surface area contributed by atoms with Crippen molar-refractivity contribution in [3.63, 3.8) is 0 Å². The van der Waals surface area contributed by atoms with E-state index >= 15 is 0 Å². The Morgan fingerprint density at radius 3 is 2.93 bits per heavy atom. The topological polar surface area (TPSA) is 54.7 Å². The smallest absolute Gasteiger partial charge is 0.312 e. The minimum Gasteiger partial charge on any atom is -0.312 e. The maximum Gasteiger partial charge on any atom is 0.349 e. The SMILES string of the molecule is CN1C(=O)CN2C(=O)[N]c3cccc1c32. The molecule has 5 nitrogen and oxygen atoms in total. The van der Waals surface area contributed by atoms with Gasteiger partial charge in [-0.3, -0.25) is 9.69 Å². The lowest BCUT2D eigenvalue weighted by molar-refractivity contribution is -0.117. The molecule has 3 amide bonds. The highest BCUT2D eigenvalue weighted by Gasteiger charge is 2.38. The summed E-state index contributed by atoms with van der Waals surface area (Å²) in [7, 11) is 1.71. The van der Waals surface area contributed by atoms with Crippen molar-refractivity contribution in [1.82, 2.24) is 5.32 Å². The summed E-state index contributed by atoms with van der Waals surface area (Å²) in [6.45, 7) is 0.0862. The number of likely N-dealkylation sites (N-methyl/N-ethyl adjacent to an activating group) is 1. The maximum atomic E-state index is 11.6. The van der Waals surface area contributed by atoms with E-state index in [0.29, 0.717) is 5.69 Å². The number of nitrogens with zero attached hydrogens (tertiary/aromatic N) is 3. The first-order valence-electron chi connectivity index (χ1n) is 4.61. The Kier molecular flexibility index (Phi) is 1.38. The molecule has 2 aliphatic heterocycles. The Balaban J connectivity index is 2.27. The van der Waals surface area contributed by atoms with Gasteiger partial charge in [0, 0.05) is 7.05 Å². The second kappa shape index (κ2) is 2.50. The molecular weight excluding hydrogens is 194 g/mol. The van der Waals surface area contributed by atoms with Crippen LogP contribution in [0.1, 0.15) is 0 Å². The molecule has 0 bridgehead atoms. The second-order valence-corrected chi connectivity index (χ2v) is 3.58. The van der Waals surface area contributed by atoms with E-state index < -0.39 is 0 Å². The molecule has 0 saturated carbocycles. The highest BCUT2D eigenvalue weighted by molar-refractivity contribution is 6.17. The van der Waals surface area contributed by atoms with E-state index in [1.54, 1.807) is 24.1 Å². The molecular formula is C10H8N3O2. The van der Waals surface area contributed by atoms with Crippen LogP contribution in [0.25, 0.3) is 0 Å². The summed E-state index contributed by atoms with van der Waals surface area (Å²) in [5.41, 5.74) is 2.15. The number of hydrogen-bond donors (Lipinski definition) is 0. The number of benzene rings is 1. The summed E-state index contributed by atoms with van der Waals surface area (Å²) in [6.07, 6.45) is 0. The van der Waals surface area contributed by atoms with Crippen LogP contribution >= 0.6 is 0 Å². The molecule has 0 aliphatic carbocycles. The van der Waals surface area contributed by atoms with Gasteiger partial charge in [0.25, 0.3) is 0 Å². The minimum atomic E-state index is -0.348. The first-order valence-corrected chi connectivity index (χ1v) is 4.61. The molecule has 0 unspecified atom stereocenters. The molecule has 2 aliphatic rings. The van der Waals surface area contributed by atoms with Gasteiger partial charge in [-0.1, -0.05) is 6.07 Å². The van der Waals surface area contributed by atoms with Gasteiger partial charge in [-0.05, 0) is 12.1 Å². The fourth-order valence-corrected chi connectivity index (χ4v) is 1.94. The molecule has 5 heteroatoms. The Morgan fingerprint density at radius 2 is 2.13 bits per heavy atom. The van der Waals surface area contributed by atoms with E-state index in [9.17, 15) is 9.59 Å². The van der Waals surface area contributed by atoms with Gasteiger partial charge in [0.1, 0.15) is 6.54 Å². The largest absolute Gasteiger partial charge is 0.349 e. The molecule has 0 fully saturated rings. The van der Waals surface area contributed by atoms with Crippen LogP contribution in [0.4, 0.5) is 21.9 Å². The average Bonchev–Trinajstić information content (AvgIpc) is 2.53. The number of hydrogen-bond acceptors (Lipinski definition) is 2. The molecule has 2 heterocycles. The predicted molar refractivity (Wildman–Crippen MR) is 54.4 cm³/mol. The fraction of sp³-hybridized carbons (Fsp3) is 0.200. The van der Waals surface area contributed by atoms with Crippen molar-refractivity contribution in [3.05, 3.63) is 18.2 Å². The lowest BCUT2D eigenvalue weighted by atomic mass is 10.1. The first kappa shape index (κ1) is 8.28. The van der Waals surface area contributed by atoms with Crippen LogP contribution < -0.4 is 15.1 Å². The second-order valence-electron chi connectivity index (χ2n) is 3.58. The van der Waals surface area contributed by atoms with Crippen molar-refractivity contribution < 1.29 is 9.59 Å². The number of amides is 3. The highest BCUT2D eigenvalue weighted by atomic mass is 16.2. The zero-order valence-corrected chi connectivity index (χ0v) is 8.10. The van der Waals surface area contributed by atoms with Crippen LogP contribution in [0.5, 0.6) is 0 Å². The normalized spacial score (nSPS) is 17.9. The number of carbonyl (C=O) groups is 2. The van der Waals surface area contributed by atoms with E-state index in [2.05, 4.69) is 5.32 Å². The van der Waals surface area contributed by atoms with Gasteiger partial charge in [-0.15, -0.1) is 0 Å². The van der Waals surface area contributed by atoms with Crippen molar-refractivity contribution in [2.75, 3.05) is 23.4 Å². The lowest BCUT2D eigenvalue weighted by Gasteiger charge is -2.29. The molecule has 0 atom stereocenters. The average molecular weight is 202 g/mol. The summed E-state index contributed by atoms with van der Waals surface area (Å²) in [4.78, 5) is 26.1. The van der Waals surface area contributed by atoms with Crippen molar-refractivity contribution in [2.45, 2.75) is 0 Å². The maximum absolute atomic E-state index is 11.6. The molecule has 3 rings (SSSR count). The number of rotatable bonds is 0. The third-order valence-electron chi connectivity index (χ3n) is 2.74. The van der Waals surface area contributed by atoms with Gasteiger partial charge in [0.15, 0.2) is 0 Å². The predicted octanol–water partition coefficient (Wildman–Crippen LogP) is 0.839. The van der Waals surface area contributed by atoms with Gasteiger partial charge in [0.05, 0.1) is 17.1 Å². The summed E-state index contributed by atoms with van der Waals surface area (Å²) >= 11 is 0. The van der Waals surface area contributed by atoms with Gasteiger partial charge in [0.2, 0.25) is 5.91 Å². The fourth-order valence-electron chi connectivity index (χ4n) is 1.94. The van der Waals surface area contributed by atoms with Crippen molar-refractivity contribution in [1.29, 1.82) is 0 Å². The number of urea groups is 1. The van der Waals surface area contributed by atoms with Crippen molar-refractivity contribution >= 4 is 29.0 Å². The molecule has 1 aromatic rings. The molecule has 75 valence electrons. The van der Waals surface area contributed by atoms with Gasteiger partial charge >= 0.3 is 6.03 Å². The van der Waals surface area contributed by atoms with E-state index in [0.717, 1.165) is 11.4 Å². The molecule has 0 spiro atoms. The third kappa shape index (κ3) is 0.918. The zero-order chi connectivity index (χ0) is 10.6. The number of carbonyl (C=O) groups excluding carboxylic acids is 2. The summed E-state index contributed by atoms with van der Waals surface area (Å²) in [5.74, 6) is -0.0925. The number of para-hydroxylation sites is 1. The van der Waals surface area contributed by atoms with Gasteiger partial charge in [-0.25, -0.2) is 4.79 Å². The van der Waals surface area contributed by atoms with E-state index in [1.165, 1.54) is 4.90 Å². The highest BCUT2D eigenvalue weighted by Crippen LogP contribution is 2.42. The molecule has 1 aromatic carbocycles. The first-order chi connectivity index (χ1) is 7.18. The Morgan fingerprint density at radius 1 is 1.33 bits per heavy atom. The molecule has 0 aromatic heterocycles. The summed E-state index contributed by atoms with van der Waals surface area (Å²) in [6, 6.07) is 5.04. The van der Waals surface area contributed by atoms with Crippen LogP contribution in [0, 0.1) is 0 Å². The van der Waals surface area contributed by atoms with E-state index in [4.69, 9.17) is 0 Å². The molecule has 0 N–H and O–H groups in total. The molecule has 0 saturated heterocycles. The van der Waals surface area contributed by atoms with E-state index in [-0.39, 0.29) is 18.5 Å². The lowest BCUT2D eigenvalue weighted by Crippen LogP contribution is -2.44. The monoisotopic (exact) mass is 202 g/mol. The molecule has 15 heavy (non-hydrogen) atoms. The van der Waals surface area contributed by atoms with Crippen LogP contribution in [-0.2, 0) is 4.79 Å². The van der Waals surface area contributed by atoms with Crippen LogP contribution in [0.2, 0.25) is 0 Å². The van der Waals surface area contributed by atoms with Gasteiger partial charge < -0.3 is 4.90 Å². The summed E-state index contributed by atoms with van der Waals surface area (Å²) < 4.78 is 0. The Bertz CT molecular complexity index is 484. The third-order valence-corrected chi connectivity index (χ3v) is 2.74. The zero-order valence-electron chi connectivity index (χ0n) is 8.10. The van der Waals surface area contributed by atoms with Crippen molar-refractivity contribution in [3.8, 4) is 0 Å². The minimum absolute atomic E-state index is 0.0862. The summed E-state index contributed by atoms with van der Waals surface area (Å²) in [5, 5.41) is 3.88. The van der Waals surface area contributed by atoms with E-state index in [1.807, 2.05) is 6.07 Å². The van der Waals surface area contributed by atoms with Crippen LogP contribution in [0.3, 0.4) is 0 Å². The van der Waals surface area contributed by atoms with Crippen molar-refractivity contribution in [2.24, 2.45) is 0 Å². The van der Waals surface area contributed by atoms with Gasteiger partial charge in [-0.2, -0.15) is 5.32 Å². The number of anilines is 2. The Hall–Kier alpha value is -2.04. The quantitative estimate of drug-likeness (QED) is 0.626. The molecule has 1 radical (unpaired) electrons. The standard InChI is InChI=1S/C10H8N3O2/c1-12-7-4-2-3-6-9(7)13(5-8(12)14)10(15)11-6/h2-4H,5H2,1H3. The Labute approximate surface area is 86.3 Å². The van der Waals surface area contributed by atoms with Crippen LogP contribution in [0.15, 0.2) is 18.2 Å². The van der Waals surface area contributed by atoms with Crippen LogP contribution in [-0.4, -0.2) is 25.5 Å².